The number of anilines is 2. The van der Waals surface area contributed by atoms with Gasteiger partial charge in [0, 0.05) is 30.1 Å². The number of nitrogens with zero attached hydrogens (tertiary/aromatic N) is 3. The highest BCUT2D eigenvalue weighted by molar-refractivity contribution is 7.22. The first-order valence-corrected chi connectivity index (χ1v) is 12.3. The summed E-state index contributed by atoms with van der Waals surface area (Å²) in [4.78, 5) is 18.5. The molecule has 2 aliphatic rings. The van der Waals surface area contributed by atoms with Gasteiger partial charge < -0.3 is 16.0 Å². The fourth-order valence-electron chi connectivity index (χ4n) is 4.57. The molecule has 176 valence electrons. The van der Waals surface area contributed by atoms with Gasteiger partial charge in [0.1, 0.15) is 11.9 Å². The minimum absolute atomic E-state index is 0.0267. The van der Waals surface area contributed by atoms with Crippen molar-refractivity contribution in [2.75, 3.05) is 23.3 Å². The monoisotopic (exact) mass is 502 g/mol. The number of amides is 1. The quantitative estimate of drug-likeness (QED) is 0.370. The fourth-order valence-corrected chi connectivity index (χ4v) is 5.78. The number of rotatable bonds is 4. The zero-order valence-electron chi connectivity index (χ0n) is 17.9. The molecule has 1 amide bonds. The second-order valence-electron chi connectivity index (χ2n) is 8.88. The van der Waals surface area contributed by atoms with Gasteiger partial charge in [-0.2, -0.15) is 5.10 Å². The molecule has 2 fully saturated rings. The van der Waals surface area contributed by atoms with Crippen molar-refractivity contribution in [1.82, 2.24) is 15.2 Å². The lowest BCUT2D eigenvalue weighted by atomic mass is 9.98. The van der Waals surface area contributed by atoms with E-state index < -0.39 is 17.9 Å². The van der Waals surface area contributed by atoms with Crippen LogP contribution in [-0.2, 0) is 4.79 Å². The van der Waals surface area contributed by atoms with E-state index >= 15 is 4.39 Å². The number of fused-ring (bicyclic) bond motifs is 2. The molecule has 1 saturated heterocycles. The van der Waals surface area contributed by atoms with Crippen molar-refractivity contribution in [2.24, 2.45) is 11.7 Å². The van der Waals surface area contributed by atoms with Gasteiger partial charge in [0.15, 0.2) is 10.9 Å². The van der Waals surface area contributed by atoms with Crippen molar-refractivity contribution in [2.45, 2.75) is 31.5 Å². The first kappa shape index (κ1) is 21.7. The van der Waals surface area contributed by atoms with Gasteiger partial charge in [-0.1, -0.05) is 29.0 Å². The molecule has 34 heavy (non-hydrogen) atoms. The van der Waals surface area contributed by atoms with E-state index in [1.165, 1.54) is 11.3 Å². The standard InChI is InChI=1S/C23H21ClF2N6OS/c24-18-17(13-9-28-31-20(13)21(19(18)26)32-5-3-11(27)4-6-32)10-1-2-15-16(7-10)34-23(29-15)30-22(33)12-8-14(12)25/h1-2,7,9,11-12,14H,3-6,8,27H2,(H,28,31)(H,29,30,33)/t12-,14+/m1/s1. The summed E-state index contributed by atoms with van der Waals surface area (Å²) in [6.07, 6.45) is 2.40. The lowest BCUT2D eigenvalue weighted by Gasteiger charge is -2.33. The van der Waals surface area contributed by atoms with E-state index in [0.29, 0.717) is 46.1 Å². The van der Waals surface area contributed by atoms with Crippen molar-refractivity contribution >= 4 is 60.8 Å². The van der Waals surface area contributed by atoms with Gasteiger partial charge in [-0.05, 0) is 37.0 Å². The van der Waals surface area contributed by atoms with E-state index in [2.05, 4.69) is 20.5 Å². The predicted octanol–water partition coefficient (Wildman–Crippen LogP) is 4.86. The minimum Gasteiger partial charge on any atom is -0.367 e. The molecule has 0 radical (unpaired) electrons. The number of hydrogen-bond acceptors (Lipinski definition) is 6. The molecule has 2 aromatic heterocycles. The Morgan fingerprint density at radius 1 is 1.32 bits per heavy atom. The van der Waals surface area contributed by atoms with Crippen LogP contribution in [0.25, 0.3) is 32.2 Å². The zero-order chi connectivity index (χ0) is 23.6. The smallest absolute Gasteiger partial charge is 0.232 e. The number of halogens is 3. The van der Waals surface area contributed by atoms with Gasteiger partial charge in [-0.25, -0.2) is 13.8 Å². The summed E-state index contributed by atoms with van der Waals surface area (Å²) in [5.41, 5.74) is 8.97. The van der Waals surface area contributed by atoms with Gasteiger partial charge in [0.2, 0.25) is 5.91 Å². The van der Waals surface area contributed by atoms with Crippen molar-refractivity contribution in [3.63, 3.8) is 0 Å². The average molecular weight is 503 g/mol. The molecule has 1 saturated carbocycles. The Morgan fingerprint density at radius 3 is 2.82 bits per heavy atom. The molecule has 4 aromatic rings. The first-order valence-electron chi connectivity index (χ1n) is 11.1. The molecule has 3 heterocycles. The minimum atomic E-state index is -1.07. The Kier molecular flexibility index (Phi) is 5.20. The Balaban J connectivity index is 1.39. The number of nitrogens with two attached hydrogens (primary N) is 1. The van der Waals surface area contributed by atoms with Crippen LogP contribution in [0.15, 0.2) is 24.4 Å². The third kappa shape index (κ3) is 3.60. The Morgan fingerprint density at radius 2 is 2.09 bits per heavy atom. The maximum Gasteiger partial charge on any atom is 0.232 e. The van der Waals surface area contributed by atoms with Crippen molar-refractivity contribution in [3.8, 4) is 11.1 Å². The normalized spacial score (nSPS) is 20.9. The summed E-state index contributed by atoms with van der Waals surface area (Å²) >= 11 is 7.90. The Labute approximate surface area is 202 Å². The third-order valence-corrected chi connectivity index (χ3v) is 7.87. The summed E-state index contributed by atoms with van der Waals surface area (Å²) < 4.78 is 29.6. The van der Waals surface area contributed by atoms with Gasteiger partial charge in [-0.15, -0.1) is 0 Å². The molecule has 0 unspecified atom stereocenters. The van der Waals surface area contributed by atoms with Crippen LogP contribution in [0.3, 0.4) is 0 Å². The van der Waals surface area contributed by atoms with E-state index in [-0.39, 0.29) is 23.4 Å². The van der Waals surface area contributed by atoms with Crippen molar-refractivity contribution in [3.05, 3.63) is 35.2 Å². The maximum atomic E-state index is 15.7. The summed E-state index contributed by atoms with van der Waals surface area (Å²) in [5, 5.41) is 11.0. The fraction of sp³-hybridized carbons (Fsp3) is 0.348. The van der Waals surface area contributed by atoms with Gasteiger partial charge in [-0.3, -0.25) is 9.89 Å². The molecule has 4 N–H and O–H groups in total. The molecule has 2 atom stereocenters. The summed E-state index contributed by atoms with van der Waals surface area (Å²) in [7, 11) is 0. The van der Waals surface area contributed by atoms with E-state index in [4.69, 9.17) is 17.3 Å². The molecular formula is C23H21ClF2N6OS. The Bertz CT molecular complexity index is 1430. The van der Waals surface area contributed by atoms with Crippen LogP contribution in [0, 0.1) is 11.7 Å². The van der Waals surface area contributed by atoms with Crippen LogP contribution in [0.5, 0.6) is 0 Å². The molecule has 2 aromatic carbocycles. The summed E-state index contributed by atoms with van der Waals surface area (Å²) in [6.45, 7) is 1.29. The number of benzene rings is 2. The number of piperidine rings is 1. The molecule has 7 nitrogen and oxygen atoms in total. The van der Waals surface area contributed by atoms with Crippen LogP contribution >= 0.6 is 22.9 Å². The average Bonchev–Trinajstić information content (AvgIpc) is 3.18. The largest absolute Gasteiger partial charge is 0.367 e. The van der Waals surface area contributed by atoms with E-state index in [1.807, 2.05) is 17.0 Å². The number of aromatic nitrogens is 3. The van der Waals surface area contributed by atoms with Crippen LogP contribution < -0.4 is 16.0 Å². The van der Waals surface area contributed by atoms with Gasteiger partial charge in [0.05, 0.1) is 32.9 Å². The van der Waals surface area contributed by atoms with Crippen molar-refractivity contribution < 1.29 is 13.6 Å². The lowest BCUT2D eigenvalue weighted by Crippen LogP contribution is -2.40. The van der Waals surface area contributed by atoms with Crippen LogP contribution in [0.1, 0.15) is 19.3 Å². The molecule has 0 bridgehead atoms. The Hall–Kier alpha value is -2.82. The number of carbonyl (C=O) groups is 1. The SMILES string of the molecule is NC1CCN(c2c(F)c(Cl)c(-c3ccc4nc(NC(=O)[C@@H]5C[C@@H]5F)sc4c3)c3cn[nH]c23)CC1. The lowest BCUT2D eigenvalue weighted by molar-refractivity contribution is -0.117. The molecule has 1 aliphatic carbocycles. The molecule has 11 heteroatoms. The second-order valence-corrected chi connectivity index (χ2v) is 10.3. The number of aromatic amines is 1. The van der Waals surface area contributed by atoms with Gasteiger partial charge >= 0.3 is 0 Å². The number of nitrogens with one attached hydrogen (secondary N) is 2. The second kappa shape index (κ2) is 8.14. The molecular weight excluding hydrogens is 482 g/mol. The summed E-state index contributed by atoms with van der Waals surface area (Å²) in [6, 6.07) is 5.60. The van der Waals surface area contributed by atoms with E-state index in [1.54, 1.807) is 12.3 Å². The third-order valence-electron chi connectivity index (χ3n) is 6.58. The van der Waals surface area contributed by atoms with Crippen LogP contribution in [0.2, 0.25) is 5.02 Å². The van der Waals surface area contributed by atoms with Crippen molar-refractivity contribution in [1.29, 1.82) is 0 Å². The number of thiazole rings is 1. The molecule has 6 rings (SSSR count). The molecule has 1 aliphatic heterocycles. The maximum absolute atomic E-state index is 15.7. The topological polar surface area (TPSA) is 99.9 Å². The van der Waals surface area contributed by atoms with Crippen LogP contribution in [0.4, 0.5) is 19.6 Å². The highest BCUT2D eigenvalue weighted by Gasteiger charge is 2.43. The van der Waals surface area contributed by atoms with E-state index in [9.17, 15) is 9.18 Å². The van der Waals surface area contributed by atoms with E-state index in [0.717, 1.165) is 22.9 Å². The number of hydrogen-bond donors (Lipinski definition) is 3. The number of carbonyl (C=O) groups excluding carboxylic acids is 1. The summed E-state index contributed by atoms with van der Waals surface area (Å²) in [5.74, 6) is -1.44. The highest BCUT2D eigenvalue weighted by Crippen LogP contribution is 2.44. The number of H-pyrrole nitrogens is 1. The van der Waals surface area contributed by atoms with Gasteiger partial charge in [0.25, 0.3) is 0 Å². The molecule has 0 spiro atoms. The number of alkyl halides is 1. The highest BCUT2D eigenvalue weighted by atomic mass is 35.5. The first-order chi connectivity index (χ1) is 16.4. The zero-order valence-corrected chi connectivity index (χ0v) is 19.5. The van der Waals surface area contributed by atoms with Crippen LogP contribution in [-0.4, -0.2) is 46.4 Å². The predicted molar refractivity (Wildman–Crippen MR) is 131 cm³/mol.